The first-order chi connectivity index (χ1) is 15.8. The largest absolute Gasteiger partial charge is 0.411 e. The highest BCUT2D eigenvalue weighted by Gasteiger charge is 2.17. The number of rotatable bonds is 6. The summed E-state index contributed by atoms with van der Waals surface area (Å²) in [7, 11) is 0. The fourth-order valence-electron chi connectivity index (χ4n) is 3.68. The van der Waals surface area contributed by atoms with Gasteiger partial charge in [0.1, 0.15) is 0 Å². The minimum absolute atomic E-state index is 0.124. The van der Waals surface area contributed by atoms with Crippen LogP contribution in [0.4, 0.5) is 11.4 Å². The second kappa shape index (κ2) is 9.42. The highest BCUT2D eigenvalue weighted by molar-refractivity contribution is 7.99. The predicted octanol–water partition coefficient (Wildman–Crippen LogP) is 4.46. The number of aromatic nitrogens is 2. The van der Waals surface area contributed by atoms with Crippen molar-refractivity contribution in [3.8, 4) is 11.5 Å². The van der Waals surface area contributed by atoms with E-state index in [9.17, 15) is 4.79 Å². The number of nitrogens with zero attached hydrogens (tertiary/aromatic N) is 3. The van der Waals surface area contributed by atoms with Gasteiger partial charge in [-0.05, 0) is 35.0 Å². The fourth-order valence-corrected chi connectivity index (χ4v) is 4.24. The molecule has 1 N–H and O–H groups in total. The number of thioether (sulfide) groups is 1. The number of nitrogens with one attached hydrogen (secondary N) is 1. The topological polar surface area (TPSA) is 80.5 Å². The molecule has 0 radical (unpaired) electrons. The first-order valence-electron chi connectivity index (χ1n) is 10.4. The molecule has 0 unspecified atom stereocenters. The summed E-state index contributed by atoms with van der Waals surface area (Å²) in [5.74, 6) is 0.494. The Hall–Kier alpha value is -3.36. The Balaban J connectivity index is 1.22. The van der Waals surface area contributed by atoms with Crippen molar-refractivity contribution >= 4 is 39.8 Å². The zero-order valence-corrected chi connectivity index (χ0v) is 18.2. The fraction of sp³-hybridized carbons (Fsp3) is 0.208. The summed E-state index contributed by atoms with van der Waals surface area (Å²) in [5.41, 5.74) is 2.65. The van der Waals surface area contributed by atoms with Crippen molar-refractivity contribution in [2.75, 3.05) is 42.3 Å². The van der Waals surface area contributed by atoms with E-state index in [0.29, 0.717) is 24.3 Å². The van der Waals surface area contributed by atoms with E-state index in [-0.39, 0.29) is 11.7 Å². The second-order valence-electron chi connectivity index (χ2n) is 7.39. The van der Waals surface area contributed by atoms with Crippen molar-refractivity contribution in [3.05, 3.63) is 66.7 Å². The highest BCUT2D eigenvalue weighted by Crippen LogP contribution is 2.28. The van der Waals surface area contributed by atoms with Crippen LogP contribution in [0.5, 0.6) is 0 Å². The standard InChI is InChI=1S/C24H22N4O3S/c29-22(25-20-7-3-4-8-21(20)28-11-13-30-14-12-28)16-32-24-27-26-23(31-24)19-10-9-17-5-1-2-6-18(17)15-19/h1-10,15H,11-14,16H2,(H,25,29). The third-order valence-electron chi connectivity index (χ3n) is 5.26. The lowest BCUT2D eigenvalue weighted by Crippen LogP contribution is -2.36. The Kier molecular flexibility index (Phi) is 6.04. The molecule has 8 heteroatoms. The number of fused-ring (bicyclic) bond motifs is 1. The van der Waals surface area contributed by atoms with E-state index in [4.69, 9.17) is 9.15 Å². The third-order valence-corrected chi connectivity index (χ3v) is 6.08. The van der Waals surface area contributed by atoms with Gasteiger partial charge >= 0.3 is 0 Å². The number of para-hydroxylation sites is 2. The van der Waals surface area contributed by atoms with Crippen molar-refractivity contribution < 1.29 is 13.9 Å². The molecule has 1 fully saturated rings. The number of carbonyl (C=O) groups is 1. The van der Waals surface area contributed by atoms with Crippen molar-refractivity contribution in [1.82, 2.24) is 10.2 Å². The molecule has 162 valence electrons. The van der Waals surface area contributed by atoms with E-state index in [1.165, 1.54) is 11.8 Å². The van der Waals surface area contributed by atoms with Crippen LogP contribution in [0, 0.1) is 0 Å². The van der Waals surface area contributed by atoms with Gasteiger partial charge in [0.2, 0.25) is 11.8 Å². The number of hydrogen-bond acceptors (Lipinski definition) is 7. The normalized spacial score (nSPS) is 13.9. The molecule has 1 saturated heterocycles. The molecule has 32 heavy (non-hydrogen) atoms. The Morgan fingerprint density at radius 1 is 0.969 bits per heavy atom. The predicted molar refractivity (Wildman–Crippen MR) is 126 cm³/mol. The van der Waals surface area contributed by atoms with Crippen LogP contribution in [-0.2, 0) is 9.53 Å². The molecular formula is C24H22N4O3S. The Bertz CT molecular complexity index is 1240. The van der Waals surface area contributed by atoms with Crippen molar-refractivity contribution in [2.45, 2.75) is 5.22 Å². The van der Waals surface area contributed by atoms with E-state index in [2.05, 4.69) is 26.5 Å². The van der Waals surface area contributed by atoms with Crippen LogP contribution in [0.2, 0.25) is 0 Å². The van der Waals surface area contributed by atoms with Crippen LogP contribution in [0.3, 0.4) is 0 Å². The molecule has 1 aliphatic rings. The number of amides is 1. The molecule has 4 aromatic rings. The quantitative estimate of drug-likeness (QED) is 0.438. The molecule has 7 nitrogen and oxygen atoms in total. The van der Waals surface area contributed by atoms with Crippen LogP contribution in [-0.4, -0.2) is 48.2 Å². The van der Waals surface area contributed by atoms with Crippen molar-refractivity contribution in [2.24, 2.45) is 0 Å². The number of ether oxygens (including phenoxy) is 1. The second-order valence-corrected chi connectivity index (χ2v) is 8.32. The maximum Gasteiger partial charge on any atom is 0.277 e. The summed E-state index contributed by atoms with van der Waals surface area (Å²) < 4.78 is 11.2. The minimum Gasteiger partial charge on any atom is -0.411 e. The number of anilines is 2. The van der Waals surface area contributed by atoms with Crippen LogP contribution in [0.15, 0.2) is 76.4 Å². The monoisotopic (exact) mass is 446 g/mol. The van der Waals surface area contributed by atoms with Crippen molar-refractivity contribution in [3.63, 3.8) is 0 Å². The lowest BCUT2D eigenvalue weighted by molar-refractivity contribution is -0.113. The molecule has 0 atom stereocenters. The van der Waals surface area contributed by atoms with Crippen LogP contribution in [0.25, 0.3) is 22.2 Å². The van der Waals surface area contributed by atoms with E-state index in [1.54, 1.807) is 0 Å². The molecular weight excluding hydrogens is 424 g/mol. The Labute approximate surface area is 189 Å². The van der Waals surface area contributed by atoms with Crippen LogP contribution in [0.1, 0.15) is 0 Å². The maximum atomic E-state index is 12.6. The van der Waals surface area contributed by atoms with Gasteiger partial charge in [0.05, 0.1) is 30.3 Å². The summed E-state index contributed by atoms with van der Waals surface area (Å²) in [6, 6.07) is 21.9. The zero-order valence-electron chi connectivity index (χ0n) is 17.4. The summed E-state index contributed by atoms with van der Waals surface area (Å²) in [4.78, 5) is 14.8. The van der Waals surface area contributed by atoms with Crippen molar-refractivity contribution in [1.29, 1.82) is 0 Å². The van der Waals surface area contributed by atoms with E-state index in [1.807, 2.05) is 60.7 Å². The molecule has 5 rings (SSSR count). The molecule has 0 aliphatic carbocycles. The van der Waals surface area contributed by atoms with Gasteiger partial charge in [-0.2, -0.15) is 0 Å². The van der Waals surface area contributed by atoms with Gasteiger partial charge in [-0.15, -0.1) is 10.2 Å². The van der Waals surface area contributed by atoms with Gasteiger partial charge in [0, 0.05) is 18.7 Å². The Morgan fingerprint density at radius 2 is 1.75 bits per heavy atom. The number of morpholine rings is 1. The molecule has 1 aromatic heterocycles. The van der Waals surface area contributed by atoms with Gasteiger partial charge in [0.25, 0.3) is 5.22 Å². The van der Waals surface area contributed by atoms with E-state index < -0.39 is 0 Å². The molecule has 1 aliphatic heterocycles. The first-order valence-corrected chi connectivity index (χ1v) is 11.4. The van der Waals surface area contributed by atoms with E-state index in [0.717, 1.165) is 40.8 Å². The summed E-state index contributed by atoms with van der Waals surface area (Å²) >= 11 is 1.22. The third kappa shape index (κ3) is 4.61. The van der Waals surface area contributed by atoms with Gasteiger partial charge < -0.3 is 19.4 Å². The lowest BCUT2D eigenvalue weighted by atomic mass is 10.1. The van der Waals surface area contributed by atoms with Gasteiger partial charge in [-0.1, -0.05) is 54.2 Å². The molecule has 1 amide bonds. The number of carbonyl (C=O) groups excluding carboxylic acids is 1. The molecule has 2 heterocycles. The van der Waals surface area contributed by atoms with Crippen LogP contribution < -0.4 is 10.2 Å². The SMILES string of the molecule is O=C(CSc1nnc(-c2ccc3ccccc3c2)o1)Nc1ccccc1N1CCOCC1. The maximum absolute atomic E-state index is 12.6. The summed E-state index contributed by atoms with van der Waals surface area (Å²) in [6.07, 6.45) is 0. The van der Waals surface area contributed by atoms with Gasteiger partial charge in [-0.25, -0.2) is 0 Å². The average Bonchev–Trinajstić information content (AvgIpc) is 3.32. The summed E-state index contributed by atoms with van der Waals surface area (Å²) in [6.45, 7) is 2.99. The first kappa shape index (κ1) is 20.5. The number of benzene rings is 3. The van der Waals surface area contributed by atoms with Gasteiger partial charge in [0.15, 0.2) is 0 Å². The molecule has 0 spiro atoms. The molecule has 0 bridgehead atoms. The highest BCUT2D eigenvalue weighted by atomic mass is 32.2. The zero-order chi connectivity index (χ0) is 21.8. The van der Waals surface area contributed by atoms with E-state index >= 15 is 0 Å². The molecule has 3 aromatic carbocycles. The number of hydrogen-bond donors (Lipinski definition) is 1. The average molecular weight is 447 g/mol. The van der Waals surface area contributed by atoms with Gasteiger partial charge in [-0.3, -0.25) is 4.79 Å². The summed E-state index contributed by atoms with van der Waals surface area (Å²) in [5, 5.41) is 13.9. The minimum atomic E-state index is -0.124. The Morgan fingerprint density at radius 3 is 2.62 bits per heavy atom. The lowest BCUT2D eigenvalue weighted by Gasteiger charge is -2.30. The van der Waals surface area contributed by atoms with Crippen LogP contribution >= 0.6 is 11.8 Å². The smallest absolute Gasteiger partial charge is 0.277 e. The molecule has 0 saturated carbocycles.